The van der Waals surface area contributed by atoms with Gasteiger partial charge < -0.3 is 19.8 Å². The third kappa shape index (κ3) is 30.3. The molecule has 112 valence electrons. The maximum atomic E-state index is 10.2. The fourth-order valence-electron chi connectivity index (χ4n) is 0.572. The zero-order chi connectivity index (χ0) is 16.6. The zero-order valence-corrected chi connectivity index (χ0v) is 15.3. The average molecular weight is 390 g/mol. The van der Waals surface area contributed by atoms with E-state index in [2.05, 4.69) is 2.85 Å². The van der Waals surface area contributed by atoms with Gasteiger partial charge >= 0.3 is 41.2 Å². The van der Waals surface area contributed by atoms with Crippen LogP contribution in [-0.4, -0.2) is 54.9 Å². The number of Topliss-reactive ketones (excluding diaryl/α,β-unsaturated/α-hetero) is 2. The molecule has 0 unspecified atom stereocenters. The first-order valence-electron chi connectivity index (χ1n) is 5.99. The van der Waals surface area contributed by atoms with Crippen molar-refractivity contribution in [3.63, 3.8) is 0 Å². The number of carboxylic acid groups (broad SMARTS) is 2. The van der Waals surface area contributed by atoms with E-state index in [1.54, 1.807) is 13.8 Å². The van der Waals surface area contributed by atoms with E-state index < -0.39 is 24.8 Å². The van der Waals surface area contributed by atoms with Crippen molar-refractivity contribution in [3.8, 4) is 0 Å². The quantitative estimate of drug-likeness (QED) is 0.476. The van der Waals surface area contributed by atoms with Crippen molar-refractivity contribution in [2.45, 2.75) is 46.5 Å². The van der Waals surface area contributed by atoms with Gasteiger partial charge in [0.15, 0.2) is 0 Å². The summed E-state index contributed by atoms with van der Waals surface area (Å²) in [6.07, 6.45) is -0.352. The molecule has 0 aromatic heterocycles. The van der Waals surface area contributed by atoms with Crippen LogP contribution in [0.3, 0.4) is 0 Å². The molecule has 0 saturated heterocycles. The monoisotopic (exact) mass is 390 g/mol. The van der Waals surface area contributed by atoms with Gasteiger partial charge in [-0.05, 0) is 0 Å². The van der Waals surface area contributed by atoms with Gasteiger partial charge in [-0.25, -0.2) is 0 Å². The molecule has 0 fully saturated rings. The molecule has 0 heterocycles. The number of hydrogen-bond acceptors (Lipinski definition) is 7. The van der Waals surface area contributed by atoms with Crippen LogP contribution in [0.15, 0.2) is 0 Å². The molecule has 0 amide bonds. The van der Waals surface area contributed by atoms with E-state index >= 15 is 0 Å². The summed E-state index contributed by atoms with van der Waals surface area (Å²) in [5, 5.41) is 19.3. The SMILES string of the molecule is CCC(=O)CC(=O)[O-].CCC(=O)CC(=O)[O-].CC[O][In+2]. The molecule has 0 atom stereocenters. The summed E-state index contributed by atoms with van der Waals surface area (Å²) in [7, 11) is 0. The Kier molecular flexibility index (Phi) is 21.9. The topological polar surface area (TPSA) is 124 Å². The van der Waals surface area contributed by atoms with Crippen LogP contribution in [-0.2, 0) is 22.0 Å². The van der Waals surface area contributed by atoms with Gasteiger partial charge in [-0.2, -0.15) is 0 Å². The minimum absolute atomic E-state index is 0.272. The summed E-state index contributed by atoms with van der Waals surface area (Å²) in [5.74, 6) is -3.16. The average Bonchev–Trinajstić information content (AvgIpc) is 2.38. The van der Waals surface area contributed by atoms with Gasteiger partial charge in [-0.3, -0.25) is 9.59 Å². The van der Waals surface area contributed by atoms with Crippen LogP contribution < -0.4 is 10.2 Å². The Morgan fingerprint density at radius 1 is 0.850 bits per heavy atom. The van der Waals surface area contributed by atoms with E-state index in [0.29, 0.717) is 0 Å². The standard InChI is InChI=1S/2C5H8O3.C2H5O.In/c2*1-2-4(6)3-5(7)8;1-2-3;/h2*2-3H2,1H3,(H,7,8);2H2,1H3;/q;;-1;+3/p-2. The Morgan fingerprint density at radius 3 is 1.15 bits per heavy atom. The second-order valence-electron chi connectivity index (χ2n) is 3.34. The van der Waals surface area contributed by atoms with E-state index in [-0.39, 0.29) is 24.4 Å². The van der Waals surface area contributed by atoms with Gasteiger partial charge in [0.25, 0.3) is 0 Å². The van der Waals surface area contributed by atoms with Crippen LogP contribution in [0.1, 0.15) is 46.5 Å². The molecule has 0 aromatic rings. The van der Waals surface area contributed by atoms with Gasteiger partial charge in [0, 0.05) is 37.6 Å². The number of aliphatic carboxylic acids is 2. The number of carbonyl (C=O) groups excluding carboxylic acids is 4. The van der Waals surface area contributed by atoms with Gasteiger partial charge in [0.2, 0.25) is 0 Å². The van der Waals surface area contributed by atoms with Crippen molar-refractivity contribution in [3.05, 3.63) is 0 Å². The van der Waals surface area contributed by atoms with Crippen LogP contribution in [0.5, 0.6) is 0 Å². The molecule has 0 saturated carbocycles. The Balaban J connectivity index is -0.000000230. The van der Waals surface area contributed by atoms with Crippen LogP contribution in [0, 0.1) is 0 Å². The Labute approximate surface area is 133 Å². The number of carbonyl (C=O) groups is 4. The molecule has 0 radical (unpaired) electrons. The van der Waals surface area contributed by atoms with Crippen LogP contribution in [0.4, 0.5) is 0 Å². The van der Waals surface area contributed by atoms with E-state index in [4.69, 9.17) is 0 Å². The van der Waals surface area contributed by atoms with Crippen LogP contribution >= 0.6 is 0 Å². The Morgan fingerprint density at radius 2 is 1.10 bits per heavy atom. The second-order valence-corrected chi connectivity index (χ2v) is 4.29. The number of rotatable bonds is 7. The summed E-state index contributed by atoms with van der Waals surface area (Å²) in [6, 6.07) is 0. The van der Waals surface area contributed by atoms with Gasteiger partial charge in [-0.15, -0.1) is 0 Å². The van der Waals surface area contributed by atoms with Crippen molar-refractivity contribution >= 4 is 48.3 Å². The first-order chi connectivity index (χ1) is 9.24. The van der Waals surface area contributed by atoms with Crippen molar-refractivity contribution in [1.29, 1.82) is 0 Å². The van der Waals surface area contributed by atoms with Gasteiger partial charge in [-0.1, -0.05) is 13.8 Å². The Bertz CT molecular complexity index is 272. The summed E-state index contributed by atoms with van der Waals surface area (Å²) in [5.41, 5.74) is 0. The predicted molar refractivity (Wildman–Crippen MR) is 67.2 cm³/mol. The molecular formula is C12H19InO7. The zero-order valence-electron chi connectivity index (χ0n) is 12.0. The summed E-state index contributed by atoms with van der Waals surface area (Å²) in [4.78, 5) is 39.7. The van der Waals surface area contributed by atoms with Crippen molar-refractivity contribution in [2.75, 3.05) is 6.61 Å². The number of ketones is 2. The van der Waals surface area contributed by atoms with E-state index in [0.717, 1.165) is 31.4 Å². The van der Waals surface area contributed by atoms with Crippen molar-refractivity contribution in [1.82, 2.24) is 0 Å². The normalized spacial score (nSPS) is 8.45. The molecule has 20 heavy (non-hydrogen) atoms. The third-order valence-electron chi connectivity index (χ3n) is 1.64. The van der Waals surface area contributed by atoms with E-state index in [1.807, 2.05) is 6.92 Å². The molecule has 8 heteroatoms. The summed E-state index contributed by atoms with van der Waals surface area (Å²) in [6.45, 7) is 6.10. The molecule has 0 spiro atoms. The predicted octanol–water partition coefficient (Wildman–Crippen LogP) is -1.68. The summed E-state index contributed by atoms with van der Waals surface area (Å²) >= 11 is 0.940. The number of carboxylic acids is 2. The van der Waals surface area contributed by atoms with E-state index in [9.17, 15) is 29.4 Å². The van der Waals surface area contributed by atoms with Crippen molar-refractivity contribution in [2.24, 2.45) is 0 Å². The van der Waals surface area contributed by atoms with Crippen molar-refractivity contribution < 1.29 is 32.2 Å². The molecule has 7 nitrogen and oxygen atoms in total. The summed E-state index contributed by atoms with van der Waals surface area (Å²) < 4.78 is 4.67. The molecule has 0 aliphatic heterocycles. The number of hydrogen-bond donors (Lipinski definition) is 0. The maximum absolute atomic E-state index is 10.2. The fourth-order valence-corrected chi connectivity index (χ4v) is 0.572. The van der Waals surface area contributed by atoms with Crippen LogP contribution in [0.25, 0.3) is 0 Å². The Hall–Kier alpha value is -0.890. The molecule has 0 rings (SSSR count). The second kappa shape index (κ2) is 18.1. The van der Waals surface area contributed by atoms with E-state index in [1.165, 1.54) is 0 Å². The molecule has 0 aliphatic rings. The first-order valence-corrected chi connectivity index (χ1v) is 7.34. The fraction of sp³-hybridized carbons (Fsp3) is 0.667. The minimum atomic E-state index is -1.29. The molecule has 0 aromatic carbocycles. The first kappa shape index (κ1) is 24.1. The van der Waals surface area contributed by atoms with Gasteiger partial charge in [0.05, 0.1) is 0 Å². The van der Waals surface area contributed by atoms with Crippen LogP contribution in [0.2, 0.25) is 0 Å². The molecule has 0 bridgehead atoms. The molecular weight excluding hydrogens is 371 g/mol. The molecule has 0 aliphatic carbocycles. The molecule has 0 N–H and O–H groups in total. The van der Waals surface area contributed by atoms with Gasteiger partial charge in [0.1, 0.15) is 11.6 Å². The third-order valence-corrected chi connectivity index (χ3v) is 2.59.